The van der Waals surface area contributed by atoms with E-state index in [1.807, 2.05) is 92.0 Å². The topological polar surface area (TPSA) is 55.2 Å². The molecule has 0 aliphatic carbocycles. The molecule has 0 saturated heterocycles. The van der Waals surface area contributed by atoms with E-state index >= 15 is 0 Å². The lowest BCUT2D eigenvalue weighted by molar-refractivity contribution is 0.409. The molecule has 32 heavy (non-hydrogen) atoms. The zero-order chi connectivity index (χ0) is 22.6. The lowest BCUT2D eigenvalue weighted by Crippen LogP contribution is -2.32. The Morgan fingerprint density at radius 3 is 2.19 bits per heavy atom. The van der Waals surface area contributed by atoms with Gasteiger partial charge in [-0.15, -0.1) is 11.3 Å². The predicted octanol–water partition coefficient (Wildman–Crippen LogP) is 5.63. The van der Waals surface area contributed by atoms with Gasteiger partial charge in [0.2, 0.25) is 10.0 Å². The summed E-state index contributed by atoms with van der Waals surface area (Å²) in [6.45, 7) is 4.70. The molecule has 4 aromatic rings. The molecule has 2 aromatic heterocycles. The van der Waals surface area contributed by atoms with Crippen LogP contribution in [-0.2, 0) is 23.0 Å². The summed E-state index contributed by atoms with van der Waals surface area (Å²) in [6.07, 6.45) is 2.31. The fourth-order valence-electron chi connectivity index (χ4n) is 3.52. The molecule has 0 spiro atoms. The summed E-state index contributed by atoms with van der Waals surface area (Å²) >= 11 is 1.50. The van der Waals surface area contributed by atoms with E-state index in [4.69, 9.17) is 0 Å². The quantitative estimate of drug-likeness (QED) is 0.322. The van der Waals surface area contributed by atoms with Crippen LogP contribution < -0.4 is 0 Å². The van der Waals surface area contributed by atoms with Gasteiger partial charge in [0.1, 0.15) is 10.6 Å². The molecule has 0 atom stereocenters. The van der Waals surface area contributed by atoms with Crippen molar-refractivity contribution in [2.45, 2.75) is 37.8 Å². The van der Waals surface area contributed by atoms with Crippen LogP contribution in [-0.4, -0.2) is 29.0 Å². The Morgan fingerprint density at radius 1 is 0.938 bits per heavy atom. The second kappa shape index (κ2) is 9.81. The summed E-state index contributed by atoms with van der Waals surface area (Å²) in [6, 6.07) is 23.6. The van der Waals surface area contributed by atoms with Crippen LogP contribution in [0.3, 0.4) is 0 Å². The van der Waals surface area contributed by atoms with Gasteiger partial charge in [0.25, 0.3) is 0 Å². The van der Waals surface area contributed by atoms with Crippen molar-refractivity contribution in [3.8, 4) is 10.6 Å². The van der Waals surface area contributed by atoms with E-state index in [-0.39, 0.29) is 10.9 Å². The first-order chi connectivity index (χ1) is 15.4. The van der Waals surface area contributed by atoms with Gasteiger partial charge < -0.3 is 0 Å². The third-order valence-electron chi connectivity index (χ3n) is 5.29. The number of rotatable bonds is 9. The van der Waals surface area contributed by atoms with Crippen LogP contribution in [0.5, 0.6) is 0 Å². The van der Waals surface area contributed by atoms with E-state index < -0.39 is 10.0 Å². The van der Waals surface area contributed by atoms with E-state index in [9.17, 15) is 8.42 Å². The molecular weight excluding hydrogens is 438 g/mol. The van der Waals surface area contributed by atoms with Crippen molar-refractivity contribution in [1.82, 2.24) is 14.1 Å². The van der Waals surface area contributed by atoms with Crippen molar-refractivity contribution in [3.63, 3.8) is 0 Å². The lowest BCUT2D eigenvalue weighted by atomic mass is 10.1. The molecular formula is C25H27N3O2S2. The molecule has 4 rings (SSSR count). The van der Waals surface area contributed by atoms with Gasteiger partial charge in [-0.05, 0) is 42.8 Å². The molecule has 0 saturated carbocycles. The molecule has 2 aromatic carbocycles. The molecule has 0 amide bonds. The Morgan fingerprint density at radius 2 is 1.59 bits per heavy atom. The van der Waals surface area contributed by atoms with Crippen LogP contribution >= 0.6 is 11.3 Å². The Bertz CT molecular complexity index is 1230. The van der Waals surface area contributed by atoms with E-state index in [0.717, 1.165) is 16.0 Å². The first-order valence-corrected chi connectivity index (χ1v) is 13.0. The van der Waals surface area contributed by atoms with Crippen molar-refractivity contribution < 1.29 is 8.42 Å². The highest BCUT2D eigenvalue weighted by Crippen LogP contribution is 2.33. The first-order valence-electron chi connectivity index (χ1n) is 10.7. The summed E-state index contributed by atoms with van der Waals surface area (Å²) in [4.78, 5) is 1.11. The SMILES string of the molecule is CC(C)n1cc(S(=O)(=O)N(CCc2ccccc2)Cc2ccccc2)c(-c2cccs2)n1. The van der Waals surface area contributed by atoms with Crippen LogP contribution in [0.2, 0.25) is 0 Å². The Hall–Kier alpha value is -2.74. The minimum atomic E-state index is -3.78. The van der Waals surface area contributed by atoms with Crippen molar-refractivity contribution in [3.05, 3.63) is 95.5 Å². The molecule has 0 aliphatic rings. The van der Waals surface area contributed by atoms with Gasteiger partial charge in [-0.25, -0.2) is 8.42 Å². The standard InChI is InChI=1S/C25H27N3O2S2/c1-20(2)28-19-24(25(26-28)23-14-9-17-31-23)32(29,30)27(18-22-12-7-4-8-13-22)16-15-21-10-5-3-6-11-21/h3-14,17,19-20H,15-16,18H2,1-2H3. The second-order valence-corrected chi connectivity index (χ2v) is 10.8. The molecule has 2 heterocycles. The van der Waals surface area contributed by atoms with Crippen LogP contribution in [0.25, 0.3) is 10.6 Å². The maximum atomic E-state index is 14.0. The molecule has 0 aliphatic heterocycles. The van der Waals surface area contributed by atoms with Gasteiger partial charge >= 0.3 is 0 Å². The Labute approximate surface area is 194 Å². The maximum absolute atomic E-state index is 14.0. The number of benzene rings is 2. The monoisotopic (exact) mass is 465 g/mol. The van der Waals surface area contributed by atoms with Gasteiger partial charge in [-0.3, -0.25) is 4.68 Å². The van der Waals surface area contributed by atoms with E-state index in [0.29, 0.717) is 25.2 Å². The van der Waals surface area contributed by atoms with Crippen LogP contribution in [0.15, 0.2) is 89.3 Å². The number of sulfonamides is 1. The van der Waals surface area contributed by atoms with Gasteiger partial charge in [-0.1, -0.05) is 66.7 Å². The Balaban J connectivity index is 1.73. The fourth-order valence-corrected chi connectivity index (χ4v) is 5.87. The van der Waals surface area contributed by atoms with Crippen LogP contribution in [0.4, 0.5) is 0 Å². The largest absolute Gasteiger partial charge is 0.268 e. The van der Waals surface area contributed by atoms with Gasteiger partial charge in [0, 0.05) is 25.3 Å². The van der Waals surface area contributed by atoms with E-state index in [2.05, 4.69) is 5.10 Å². The number of aromatic nitrogens is 2. The van der Waals surface area contributed by atoms with Crippen molar-refractivity contribution in [2.24, 2.45) is 0 Å². The summed E-state index contributed by atoms with van der Waals surface area (Å²) in [5, 5.41) is 6.59. The average Bonchev–Trinajstić information content (AvgIpc) is 3.48. The molecule has 0 fully saturated rings. The minimum absolute atomic E-state index is 0.0598. The van der Waals surface area contributed by atoms with Gasteiger partial charge in [0.15, 0.2) is 0 Å². The molecule has 0 bridgehead atoms. The van der Waals surface area contributed by atoms with Gasteiger partial charge in [-0.2, -0.15) is 9.40 Å². The molecule has 0 N–H and O–H groups in total. The smallest absolute Gasteiger partial charge is 0.247 e. The van der Waals surface area contributed by atoms with Crippen LogP contribution in [0.1, 0.15) is 31.0 Å². The molecule has 7 heteroatoms. The van der Waals surface area contributed by atoms with Gasteiger partial charge in [0.05, 0.1) is 4.88 Å². The summed E-state index contributed by atoms with van der Waals surface area (Å²) in [7, 11) is -3.78. The number of hydrogen-bond acceptors (Lipinski definition) is 4. The molecule has 166 valence electrons. The number of thiophene rings is 1. The third-order valence-corrected chi connectivity index (χ3v) is 8.02. The predicted molar refractivity (Wildman–Crippen MR) is 130 cm³/mol. The highest BCUT2D eigenvalue weighted by molar-refractivity contribution is 7.89. The zero-order valence-electron chi connectivity index (χ0n) is 18.3. The highest BCUT2D eigenvalue weighted by Gasteiger charge is 2.31. The fraction of sp³-hybridized carbons (Fsp3) is 0.240. The third kappa shape index (κ3) is 5.01. The highest BCUT2D eigenvalue weighted by atomic mass is 32.2. The van der Waals surface area contributed by atoms with E-state index in [1.54, 1.807) is 15.2 Å². The molecule has 5 nitrogen and oxygen atoms in total. The van der Waals surface area contributed by atoms with Crippen molar-refractivity contribution in [1.29, 1.82) is 0 Å². The maximum Gasteiger partial charge on any atom is 0.247 e. The number of hydrogen-bond donors (Lipinski definition) is 0. The second-order valence-electron chi connectivity index (χ2n) is 7.95. The molecule has 0 unspecified atom stereocenters. The molecule has 0 radical (unpaired) electrons. The first kappa shape index (κ1) is 22.5. The van der Waals surface area contributed by atoms with Crippen LogP contribution in [0, 0.1) is 0 Å². The summed E-state index contributed by atoms with van der Waals surface area (Å²) < 4.78 is 31.3. The summed E-state index contributed by atoms with van der Waals surface area (Å²) in [5.74, 6) is 0. The zero-order valence-corrected chi connectivity index (χ0v) is 19.9. The normalized spacial score (nSPS) is 12.0. The van der Waals surface area contributed by atoms with Crippen molar-refractivity contribution in [2.75, 3.05) is 6.54 Å². The van der Waals surface area contributed by atoms with E-state index in [1.165, 1.54) is 11.3 Å². The van der Waals surface area contributed by atoms with Crippen molar-refractivity contribution >= 4 is 21.4 Å². The number of nitrogens with zero attached hydrogens (tertiary/aromatic N) is 3. The average molecular weight is 466 g/mol. The lowest BCUT2D eigenvalue weighted by Gasteiger charge is -2.22. The summed E-state index contributed by atoms with van der Waals surface area (Å²) in [5.41, 5.74) is 2.58. The Kier molecular flexibility index (Phi) is 6.89. The minimum Gasteiger partial charge on any atom is -0.268 e.